The van der Waals surface area contributed by atoms with Gasteiger partial charge in [-0.2, -0.15) is 0 Å². The van der Waals surface area contributed by atoms with E-state index < -0.39 is 6.10 Å². The van der Waals surface area contributed by atoms with Crippen LogP contribution in [0.1, 0.15) is 25.3 Å². The van der Waals surface area contributed by atoms with Crippen molar-refractivity contribution in [1.29, 1.82) is 0 Å². The molecule has 0 aromatic heterocycles. The van der Waals surface area contributed by atoms with Crippen molar-refractivity contribution in [1.82, 2.24) is 5.32 Å². The Morgan fingerprint density at radius 1 is 0.923 bits per heavy atom. The van der Waals surface area contributed by atoms with Crippen LogP contribution in [0.5, 0.6) is 17.2 Å². The normalized spacial score (nSPS) is 11.5. The number of nitrogens with one attached hydrogen (secondary N) is 1. The van der Waals surface area contributed by atoms with Crippen LogP contribution in [0.25, 0.3) is 0 Å². The largest absolute Gasteiger partial charge is 0.497 e. The number of hydrogen-bond acceptors (Lipinski definition) is 4. The van der Waals surface area contributed by atoms with E-state index in [1.54, 1.807) is 26.4 Å². The summed E-state index contributed by atoms with van der Waals surface area (Å²) in [7, 11) is 3.27. The Bertz CT molecular complexity index is 667. The molecule has 0 fully saturated rings. The lowest BCUT2D eigenvalue weighted by molar-refractivity contribution is -0.128. The number of hydrogen-bond donors (Lipinski definition) is 1. The van der Waals surface area contributed by atoms with Crippen molar-refractivity contribution in [3.8, 4) is 17.2 Å². The van der Waals surface area contributed by atoms with Crippen LogP contribution in [0.4, 0.5) is 0 Å². The quantitative estimate of drug-likeness (QED) is 0.660. The first kappa shape index (κ1) is 19.6. The van der Waals surface area contributed by atoms with Gasteiger partial charge in [0, 0.05) is 6.54 Å². The molecule has 5 heteroatoms. The topological polar surface area (TPSA) is 56.8 Å². The zero-order valence-corrected chi connectivity index (χ0v) is 15.7. The average Bonchev–Trinajstić information content (AvgIpc) is 2.70. The second-order valence-electron chi connectivity index (χ2n) is 5.93. The van der Waals surface area contributed by atoms with Gasteiger partial charge in [-0.1, -0.05) is 19.1 Å². The monoisotopic (exact) mass is 357 g/mol. The summed E-state index contributed by atoms with van der Waals surface area (Å²) in [6.45, 7) is 2.55. The maximum absolute atomic E-state index is 12.3. The first-order valence-electron chi connectivity index (χ1n) is 8.87. The summed E-state index contributed by atoms with van der Waals surface area (Å²) in [5.74, 6) is 2.18. The lowest BCUT2D eigenvalue weighted by Gasteiger charge is -2.17. The Morgan fingerprint density at radius 3 is 2.00 bits per heavy atom. The molecular formula is C21H27NO4. The van der Waals surface area contributed by atoms with E-state index >= 15 is 0 Å². The smallest absolute Gasteiger partial charge is 0.261 e. The van der Waals surface area contributed by atoms with Crippen molar-refractivity contribution < 1.29 is 19.0 Å². The van der Waals surface area contributed by atoms with Crippen molar-refractivity contribution in [2.75, 3.05) is 20.8 Å². The molecule has 0 spiro atoms. The Hall–Kier alpha value is -2.69. The highest BCUT2D eigenvalue weighted by Crippen LogP contribution is 2.19. The van der Waals surface area contributed by atoms with Gasteiger partial charge in [-0.15, -0.1) is 0 Å². The van der Waals surface area contributed by atoms with Crippen molar-refractivity contribution in [2.45, 2.75) is 32.3 Å². The molecule has 1 atom stereocenters. The third kappa shape index (κ3) is 5.99. The molecule has 26 heavy (non-hydrogen) atoms. The van der Waals surface area contributed by atoms with Crippen molar-refractivity contribution in [2.24, 2.45) is 0 Å². The molecule has 0 heterocycles. The summed E-state index contributed by atoms with van der Waals surface area (Å²) in [6, 6.07) is 15.2. The van der Waals surface area contributed by atoms with Crippen LogP contribution in [0, 0.1) is 0 Å². The molecule has 2 aromatic carbocycles. The van der Waals surface area contributed by atoms with Crippen LogP contribution in [-0.4, -0.2) is 32.8 Å². The standard InChI is InChI=1S/C21H27NO4/c1-4-20(26-19-13-11-18(25-3)12-14-19)21(23)22-15-5-6-16-7-9-17(24-2)10-8-16/h7-14,20H,4-6,15H2,1-3H3,(H,22,23). The van der Waals surface area contributed by atoms with Crippen LogP contribution in [0.2, 0.25) is 0 Å². The molecular weight excluding hydrogens is 330 g/mol. The van der Waals surface area contributed by atoms with E-state index in [4.69, 9.17) is 14.2 Å². The van der Waals surface area contributed by atoms with Crippen LogP contribution >= 0.6 is 0 Å². The second kappa shape index (κ2) is 10.3. The molecule has 140 valence electrons. The van der Waals surface area contributed by atoms with E-state index in [0.717, 1.165) is 24.3 Å². The molecule has 1 amide bonds. The number of ether oxygens (including phenoxy) is 3. The van der Waals surface area contributed by atoms with Gasteiger partial charge in [0.2, 0.25) is 0 Å². The summed E-state index contributed by atoms with van der Waals surface area (Å²) in [5, 5.41) is 2.96. The molecule has 0 aliphatic carbocycles. The summed E-state index contributed by atoms with van der Waals surface area (Å²) >= 11 is 0. The van der Waals surface area contributed by atoms with E-state index in [9.17, 15) is 4.79 Å². The van der Waals surface area contributed by atoms with Crippen LogP contribution in [0.15, 0.2) is 48.5 Å². The van der Waals surface area contributed by atoms with Crippen LogP contribution in [0.3, 0.4) is 0 Å². The minimum absolute atomic E-state index is 0.0851. The third-order valence-electron chi connectivity index (χ3n) is 4.10. The van der Waals surface area contributed by atoms with Gasteiger partial charge in [-0.3, -0.25) is 4.79 Å². The van der Waals surface area contributed by atoms with E-state index in [-0.39, 0.29) is 5.91 Å². The fourth-order valence-electron chi connectivity index (χ4n) is 2.55. The lowest BCUT2D eigenvalue weighted by Crippen LogP contribution is -2.38. The van der Waals surface area contributed by atoms with Gasteiger partial charge >= 0.3 is 0 Å². The second-order valence-corrected chi connectivity index (χ2v) is 5.93. The van der Waals surface area contributed by atoms with E-state index in [0.29, 0.717) is 18.7 Å². The fourth-order valence-corrected chi connectivity index (χ4v) is 2.55. The number of rotatable bonds is 10. The molecule has 1 N–H and O–H groups in total. The third-order valence-corrected chi connectivity index (χ3v) is 4.10. The highest BCUT2D eigenvalue weighted by molar-refractivity contribution is 5.81. The lowest BCUT2D eigenvalue weighted by atomic mass is 10.1. The molecule has 0 aliphatic heterocycles. The van der Waals surface area contributed by atoms with Crippen LogP contribution < -0.4 is 19.5 Å². The van der Waals surface area contributed by atoms with Crippen molar-refractivity contribution >= 4 is 5.91 Å². The molecule has 1 unspecified atom stereocenters. The molecule has 5 nitrogen and oxygen atoms in total. The molecule has 0 radical (unpaired) electrons. The Kier molecular flexibility index (Phi) is 7.80. The zero-order chi connectivity index (χ0) is 18.8. The number of amides is 1. The van der Waals surface area contributed by atoms with E-state index in [1.165, 1.54) is 5.56 Å². The number of benzene rings is 2. The molecule has 0 bridgehead atoms. The molecule has 0 saturated carbocycles. The zero-order valence-electron chi connectivity index (χ0n) is 15.7. The van der Waals surface area contributed by atoms with Gasteiger partial charge in [0.25, 0.3) is 5.91 Å². The maximum atomic E-state index is 12.3. The minimum Gasteiger partial charge on any atom is -0.497 e. The Labute approximate surface area is 155 Å². The number of methoxy groups -OCH3 is 2. The summed E-state index contributed by atoms with van der Waals surface area (Å²) in [4.78, 5) is 12.3. The van der Waals surface area contributed by atoms with Crippen molar-refractivity contribution in [3.63, 3.8) is 0 Å². The summed E-state index contributed by atoms with van der Waals surface area (Å²) in [6.07, 6.45) is 1.89. The number of carbonyl (C=O) groups is 1. The van der Waals surface area contributed by atoms with Crippen LogP contribution in [-0.2, 0) is 11.2 Å². The van der Waals surface area contributed by atoms with Gasteiger partial charge in [-0.05, 0) is 61.2 Å². The van der Waals surface area contributed by atoms with E-state index in [2.05, 4.69) is 5.32 Å². The summed E-state index contributed by atoms with van der Waals surface area (Å²) in [5.41, 5.74) is 1.22. The number of carbonyl (C=O) groups excluding carboxylic acids is 1. The first-order chi connectivity index (χ1) is 12.7. The maximum Gasteiger partial charge on any atom is 0.261 e. The molecule has 0 saturated heterocycles. The van der Waals surface area contributed by atoms with Gasteiger partial charge in [0.05, 0.1) is 14.2 Å². The molecule has 2 aromatic rings. The molecule has 0 aliphatic rings. The van der Waals surface area contributed by atoms with Gasteiger partial charge in [0.15, 0.2) is 6.10 Å². The SMILES string of the molecule is CCC(Oc1ccc(OC)cc1)C(=O)NCCCc1ccc(OC)cc1. The Balaban J connectivity index is 1.75. The fraction of sp³-hybridized carbons (Fsp3) is 0.381. The Morgan fingerprint density at radius 2 is 1.46 bits per heavy atom. The minimum atomic E-state index is -0.496. The average molecular weight is 357 g/mol. The van der Waals surface area contributed by atoms with Gasteiger partial charge < -0.3 is 19.5 Å². The predicted octanol–water partition coefficient (Wildman–Crippen LogP) is 3.61. The van der Waals surface area contributed by atoms with Gasteiger partial charge in [0.1, 0.15) is 17.2 Å². The molecule has 2 rings (SSSR count). The highest BCUT2D eigenvalue weighted by Gasteiger charge is 2.17. The van der Waals surface area contributed by atoms with Crippen molar-refractivity contribution in [3.05, 3.63) is 54.1 Å². The first-order valence-corrected chi connectivity index (χ1v) is 8.87. The predicted molar refractivity (Wildman–Crippen MR) is 102 cm³/mol. The van der Waals surface area contributed by atoms with Gasteiger partial charge in [-0.25, -0.2) is 0 Å². The summed E-state index contributed by atoms with van der Waals surface area (Å²) < 4.78 is 16.1. The van der Waals surface area contributed by atoms with E-state index in [1.807, 2.05) is 43.3 Å². The number of aryl methyl sites for hydroxylation is 1. The highest BCUT2D eigenvalue weighted by atomic mass is 16.5.